The van der Waals surface area contributed by atoms with Crippen molar-refractivity contribution >= 4 is 35.8 Å². The monoisotopic (exact) mass is 504 g/mol. The Morgan fingerprint density at radius 1 is 1.14 bits per heavy atom. The van der Waals surface area contributed by atoms with Gasteiger partial charge in [-0.3, -0.25) is 9.79 Å². The molecule has 0 bridgehead atoms. The molecule has 4 rings (SSSR count). The molecule has 3 saturated carbocycles. The van der Waals surface area contributed by atoms with Crippen molar-refractivity contribution < 1.29 is 9.53 Å². The second-order valence-corrected chi connectivity index (χ2v) is 8.91. The van der Waals surface area contributed by atoms with Crippen molar-refractivity contribution in [3.63, 3.8) is 0 Å². The average Bonchev–Trinajstić information content (AvgIpc) is 3.40. The molecule has 6 nitrogen and oxygen atoms in total. The molecule has 0 aromatic carbocycles. The largest absolute Gasteiger partial charge is 0.378 e. The Hall–Kier alpha value is -0.570. The van der Waals surface area contributed by atoms with Crippen LogP contribution in [0.15, 0.2) is 4.99 Å². The van der Waals surface area contributed by atoms with Crippen LogP contribution in [0.1, 0.15) is 64.7 Å². The van der Waals surface area contributed by atoms with Crippen LogP contribution in [0.5, 0.6) is 0 Å². The van der Waals surface area contributed by atoms with Crippen LogP contribution < -0.4 is 10.6 Å². The Balaban J connectivity index is 0.00000225. The summed E-state index contributed by atoms with van der Waals surface area (Å²) in [6, 6.07) is 0.876. The highest BCUT2D eigenvalue weighted by atomic mass is 127. The van der Waals surface area contributed by atoms with E-state index in [2.05, 4.69) is 27.4 Å². The number of nitrogens with zero attached hydrogens (tertiary/aromatic N) is 2. The second-order valence-electron chi connectivity index (χ2n) is 8.91. The molecule has 1 spiro atoms. The Bertz CT molecular complexity index is 567. The quantitative estimate of drug-likeness (QED) is 0.344. The van der Waals surface area contributed by atoms with Crippen LogP contribution >= 0.6 is 24.0 Å². The highest BCUT2D eigenvalue weighted by Gasteiger charge is 2.57. The zero-order valence-corrected chi connectivity index (χ0v) is 19.7. The van der Waals surface area contributed by atoms with Crippen LogP contribution in [0, 0.1) is 11.3 Å². The Kier molecular flexibility index (Phi) is 7.50. The van der Waals surface area contributed by atoms with Crippen molar-refractivity contribution in [2.45, 2.75) is 82.9 Å². The molecule has 0 aromatic heterocycles. The Labute approximate surface area is 186 Å². The number of carbonyl (C=O) groups is 1. The molecular weight excluding hydrogens is 467 g/mol. The van der Waals surface area contributed by atoms with Gasteiger partial charge in [-0.2, -0.15) is 0 Å². The van der Waals surface area contributed by atoms with Gasteiger partial charge >= 0.3 is 0 Å². The Morgan fingerprint density at radius 2 is 1.82 bits per heavy atom. The number of hydrogen-bond donors (Lipinski definition) is 2. The molecule has 160 valence electrons. The SMILES string of the molecule is CCOC1CC(NC(=NC)NC2CCN(C(=O)C3CC3)CC2)C12CCCC2.I. The van der Waals surface area contributed by atoms with Crippen LogP contribution in [0.2, 0.25) is 0 Å². The van der Waals surface area contributed by atoms with Gasteiger partial charge in [0.15, 0.2) is 5.96 Å². The van der Waals surface area contributed by atoms with Crippen molar-refractivity contribution in [1.82, 2.24) is 15.5 Å². The molecule has 2 N–H and O–H groups in total. The fourth-order valence-corrected chi connectivity index (χ4v) is 5.45. The van der Waals surface area contributed by atoms with Gasteiger partial charge in [0.2, 0.25) is 5.91 Å². The van der Waals surface area contributed by atoms with Crippen molar-refractivity contribution in [2.75, 3.05) is 26.7 Å². The summed E-state index contributed by atoms with van der Waals surface area (Å²) < 4.78 is 6.03. The number of likely N-dealkylation sites (tertiary alicyclic amines) is 1. The number of amides is 1. The van der Waals surface area contributed by atoms with Crippen LogP contribution in [-0.4, -0.2) is 61.7 Å². The fourth-order valence-electron chi connectivity index (χ4n) is 5.45. The van der Waals surface area contributed by atoms with Crippen LogP contribution in [0.4, 0.5) is 0 Å². The summed E-state index contributed by atoms with van der Waals surface area (Å²) >= 11 is 0. The maximum Gasteiger partial charge on any atom is 0.225 e. The first kappa shape index (κ1) is 22.1. The van der Waals surface area contributed by atoms with Gasteiger partial charge < -0.3 is 20.3 Å². The number of ether oxygens (including phenoxy) is 1. The molecule has 4 fully saturated rings. The minimum absolute atomic E-state index is 0. The van der Waals surface area contributed by atoms with Crippen molar-refractivity contribution in [3.8, 4) is 0 Å². The Morgan fingerprint density at radius 3 is 2.39 bits per heavy atom. The zero-order valence-electron chi connectivity index (χ0n) is 17.4. The summed E-state index contributed by atoms with van der Waals surface area (Å²) in [5.74, 6) is 1.65. The normalized spacial score (nSPS) is 29.9. The first-order valence-corrected chi connectivity index (χ1v) is 11.1. The third kappa shape index (κ3) is 4.45. The number of halogens is 1. The van der Waals surface area contributed by atoms with E-state index in [1.54, 1.807) is 0 Å². The van der Waals surface area contributed by atoms with Gasteiger partial charge in [0, 0.05) is 50.2 Å². The van der Waals surface area contributed by atoms with Gasteiger partial charge in [0.05, 0.1) is 6.10 Å². The van der Waals surface area contributed by atoms with Crippen LogP contribution in [0.25, 0.3) is 0 Å². The lowest BCUT2D eigenvalue weighted by Gasteiger charge is -2.54. The van der Waals surface area contributed by atoms with E-state index in [0.717, 1.165) is 57.8 Å². The van der Waals surface area contributed by atoms with E-state index in [1.165, 1.54) is 25.7 Å². The van der Waals surface area contributed by atoms with Gasteiger partial charge in [-0.1, -0.05) is 12.8 Å². The summed E-state index contributed by atoms with van der Waals surface area (Å²) in [7, 11) is 1.86. The third-order valence-electron chi connectivity index (χ3n) is 7.30. The lowest BCUT2D eigenvalue weighted by atomic mass is 9.60. The predicted octanol–water partition coefficient (Wildman–Crippen LogP) is 2.91. The topological polar surface area (TPSA) is 66.0 Å². The minimum atomic E-state index is 0. The number of nitrogens with one attached hydrogen (secondary N) is 2. The molecule has 1 amide bonds. The van der Waals surface area contributed by atoms with Crippen molar-refractivity contribution in [1.29, 1.82) is 0 Å². The van der Waals surface area contributed by atoms with E-state index in [0.29, 0.717) is 35.4 Å². The van der Waals surface area contributed by atoms with E-state index in [-0.39, 0.29) is 24.0 Å². The summed E-state index contributed by atoms with van der Waals surface area (Å²) in [6.07, 6.45) is 10.9. The molecular formula is C21H37IN4O2. The lowest BCUT2D eigenvalue weighted by molar-refractivity contribution is -0.133. The lowest BCUT2D eigenvalue weighted by Crippen LogP contribution is -2.65. The highest BCUT2D eigenvalue weighted by molar-refractivity contribution is 14.0. The van der Waals surface area contributed by atoms with Crippen molar-refractivity contribution in [2.24, 2.45) is 16.3 Å². The number of guanidine groups is 1. The standard InChI is InChI=1S/C21H36N4O2.HI/c1-3-27-18-14-17(21(18)10-4-5-11-21)24-20(22-2)23-16-8-12-25(13-9-16)19(26)15-6-7-15;/h15-18H,3-14H2,1-2H3,(H2,22,23,24);1H. The highest BCUT2D eigenvalue weighted by Crippen LogP contribution is 2.54. The van der Waals surface area contributed by atoms with Crippen LogP contribution in [0.3, 0.4) is 0 Å². The molecule has 3 aliphatic carbocycles. The molecule has 1 aliphatic heterocycles. The van der Waals surface area contributed by atoms with Crippen molar-refractivity contribution in [3.05, 3.63) is 0 Å². The first-order chi connectivity index (χ1) is 13.2. The summed E-state index contributed by atoms with van der Waals surface area (Å²) in [5, 5.41) is 7.33. The molecule has 1 saturated heterocycles. The van der Waals surface area contributed by atoms with Gasteiger partial charge in [-0.15, -0.1) is 24.0 Å². The summed E-state index contributed by atoms with van der Waals surface area (Å²) in [6.45, 7) is 4.67. The predicted molar refractivity (Wildman–Crippen MR) is 122 cm³/mol. The molecule has 28 heavy (non-hydrogen) atoms. The van der Waals surface area contributed by atoms with E-state index < -0.39 is 0 Å². The van der Waals surface area contributed by atoms with E-state index in [1.807, 2.05) is 7.05 Å². The molecule has 0 radical (unpaired) electrons. The number of carbonyl (C=O) groups excluding carboxylic acids is 1. The molecule has 2 unspecified atom stereocenters. The van der Waals surface area contributed by atoms with E-state index in [9.17, 15) is 4.79 Å². The molecule has 1 heterocycles. The smallest absolute Gasteiger partial charge is 0.225 e. The minimum Gasteiger partial charge on any atom is -0.378 e. The summed E-state index contributed by atoms with van der Waals surface area (Å²) in [5.41, 5.74) is 0.313. The maximum atomic E-state index is 12.2. The van der Waals surface area contributed by atoms with Gasteiger partial charge in [-0.25, -0.2) is 0 Å². The number of hydrogen-bond acceptors (Lipinski definition) is 3. The zero-order chi connectivity index (χ0) is 18.9. The maximum absolute atomic E-state index is 12.2. The average molecular weight is 504 g/mol. The fraction of sp³-hybridized carbons (Fsp3) is 0.905. The van der Waals surface area contributed by atoms with Gasteiger partial charge in [0.1, 0.15) is 0 Å². The van der Waals surface area contributed by atoms with E-state index >= 15 is 0 Å². The second kappa shape index (κ2) is 9.49. The molecule has 0 aromatic rings. The van der Waals surface area contributed by atoms with E-state index in [4.69, 9.17) is 4.74 Å². The molecule has 2 atom stereocenters. The molecule has 4 aliphatic rings. The third-order valence-corrected chi connectivity index (χ3v) is 7.30. The number of aliphatic imine (C=N–C) groups is 1. The van der Waals surface area contributed by atoms with Gasteiger partial charge in [-0.05, 0) is 51.9 Å². The number of rotatable bonds is 5. The van der Waals surface area contributed by atoms with Crippen LogP contribution in [-0.2, 0) is 9.53 Å². The number of piperidine rings is 1. The summed E-state index contributed by atoms with van der Waals surface area (Å²) in [4.78, 5) is 18.8. The molecule has 7 heteroatoms. The van der Waals surface area contributed by atoms with Gasteiger partial charge in [0.25, 0.3) is 0 Å². The first-order valence-electron chi connectivity index (χ1n) is 11.1.